The Balaban J connectivity index is 4.06. The van der Waals surface area contributed by atoms with Crippen LogP contribution in [0.2, 0.25) is 0 Å². The summed E-state index contributed by atoms with van der Waals surface area (Å²) < 4.78 is 4.90. The third-order valence-corrected chi connectivity index (χ3v) is 2.88. The van der Waals surface area contributed by atoms with Crippen molar-refractivity contribution in [2.75, 3.05) is 6.61 Å². The summed E-state index contributed by atoms with van der Waals surface area (Å²) in [5.74, 6) is -4.97. The number of hydrogen-bond acceptors (Lipinski definition) is 4. The molecule has 0 rings (SSSR count). The van der Waals surface area contributed by atoms with E-state index in [0.29, 0.717) is 0 Å². The summed E-state index contributed by atoms with van der Waals surface area (Å²) in [6, 6.07) is 0. The second kappa shape index (κ2) is 10.00. The number of carbonyl (C=O) groups excluding carboxylic acids is 1. The minimum Gasteiger partial charge on any atom is -0.481 e. The molecule has 0 aliphatic carbocycles. The molecule has 0 aliphatic rings. The van der Waals surface area contributed by atoms with Crippen molar-refractivity contribution in [3.05, 3.63) is 12.2 Å². The molecular weight excluding hydrogens is 264 g/mol. The molecule has 0 saturated heterocycles. The molecule has 0 heterocycles. The Labute approximate surface area is 118 Å². The molecule has 0 saturated carbocycles. The molecule has 6 heteroatoms. The van der Waals surface area contributed by atoms with Gasteiger partial charge in [0.25, 0.3) is 0 Å². The van der Waals surface area contributed by atoms with Gasteiger partial charge in [-0.25, -0.2) is 4.79 Å². The Hall–Kier alpha value is -1.85. The molecule has 6 nitrogen and oxygen atoms in total. The van der Waals surface area contributed by atoms with Crippen molar-refractivity contribution in [3.63, 3.8) is 0 Å². The van der Waals surface area contributed by atoms with Gasteiger partial charge in [0, 0.05) is 5.57 Å². The van der Waals surface area contributed by atoms with Crippen molar-refractivity contribution in [1.82, 2.24) is 0 Å². The van der Waals surface area contributed by atoms with Crippen LogP contribution in [-0.2, 0) is 19.1 Å². The van der Waals surface area contributed by atoms with Crippen molar-refractivity contribution in [2.45, 2.75) is 45.4 Å². The molecule has 0 fully saturated rings. The lowest BCUT2D eigenvalue weighted by atomic mass is 9.97. The molecule has 0 amide bonds. The highest BCUT2D eigenvalue weighted by molar-refractivity contribution is 5.95. The van der Waals surface area contributed by atoms with Crippen molar-refractivity contribution < 1.29 is 29.3 Å². The minimum absolute atomic E-state index is 0.231. The SMILES string of the molecule is C=C(C(=O)O)C(CC(=O)OCCCCCCC)C(=O)O. The molecule has 0 aromatic rings. The van der Waals surface area contributed by atoms with E-state index in [-0.39, 0.29) is 6.61 Å². The first kappa shape index (κ1) is 18.1. The van der Waals surface area contributed by atoms with E-state index in [4.69, 9.17) is 14.9 Å². The van der Waals surface area contributed by atoms with Gasteiger partial charge in [-0.1, -0.05) is 39.2 Å². The Morgan fingerprint density at radius 2 is 1.70 bits per heavy atom. The molecule has 0 aromatic carbocycles. The Kier molecular flexibility index (Phi) is 9.07. The fourth-order valence-corrected chi connectivity index (χ4v) is 1.63. The lowest BCUT2D eigenvalue weighted by Crippen LogP contribution is -2.24. The van der Waals surface area contributed by atoms with Crippen LogP contribution >= 0.6 is 0 Å². The summed E-state index contributed by atoms with van der Waals surface area (Å²) in [5, 5.41) is 17.6. The molecular formula is C14H22O6. The average molecular weight is 286 g/mol. The maximum atomic E-state index is 11.5. The zero-order valence-electron chi connectivity index (χ0n) is 11.8. The number of esters is 1. The first-order valence-electron chi connectivity index (χ1n) is 6.70. The third-order valence-electron chi connectivity index (χ3n) is 2.88. The standard InChI is InChI=1S/C14H22O6/c1-3-4-5-6-7-8-20-12(15)9-11(14(18)19)10(2)13(16)17/h11H,2-9H2,1H3,(H,16,17)(H,18,19). The van der Waals surface area contributed by atoms with Crippen LogP contribution in [0.15, 0.2) is 12.2 Å². The van der Waals surface area contributed by atoms with Crippen LogP contribution in [0.25, 0.3) is 0 Å². The van der Waals surface area contributed by atoms with Crippen LogP contribution in [-0.4, -0.2) is 34.7 Å². The van der Waals surface area contributed by atoms with Gasteiger partial charge in [-0.05, 0) is 6.42 Å². The summed E-state index contributed by atoms with van der Waals surface area (Å²) >= 11 is 0. The van der Waals surface area contributed by atoms with Crippen LogP contribution in [0.1, 0.15) is 45.4 Å². The van der Waals surface area contributed by atoms with Gasteiger partial charge in [-0.15, -0.1) is 0 Å². The van der Waals surface area contributed by atoms with E-state index >= 15 is 0 Å². The van der Waals surface area contributed by atoms with Crippen LogP contribution in [0.4, 0.5) is 0 Å². The zero-order valence-corrected chi connectivity index (χ0v) is 11.8. The Morgan fingerprint density at radius 3 is 2.20 bits per heavy atom. The Bertz CT molecular complexity index is 361. The van der Waals surface area contributed by atoms with Crippen molar-refractivity contribution in [1.29, 1.82) is 0 Å². The van der Waals surface area contributed by atoms with Gasteiger partial charge in [0.05, 0.1) is 18.9 Å². The lowest BCUT2D eigenvalue weighted by Gasteiger charge is -2.11. The van der Waals surface area contributed by atoms with Crippen LogP contribution in [0, 0.1) is 5.92 Å². The normalized spacial score (nSPS) is 11.7. The molecule has 0 aromatic heterocycles. The zero-order chi connectivity index (χ0) is 15.5. The smallest absolute Gasteiger partial charge is 0.331 e. The van der Waals surface area contributed by atoms with Gasteiger partial charge in [0.15, 0.2) is 0 Å². The molecule has 0 radical (unpaired) electrons. The predicted molar refractivity (Wildman–Crippen MR) is 72.2 cm³/mol. The van der Waals surface area contributed by atoms with Gasteiger partial charge < -0.3 is 14.9 Å². The summed E-state index contributed by atoms with van der Waals surface area (Å²) in [6.45, 7) is 5.50. The second-order valence-electron chi connectivity index (χ2n) is 4.56. The largest absolute Gasteiger partial charge is 0.481 e. The number of carbonyl (C=O) groups is 3. The first-order valence-corrected chi connectivity index (χ1v) is 6.70. The van der Waals surface area contributed by atoms with E-state index in [1.165, 1.54) is 0 Å². The molecule has 1 unspecified atom stereocenters. The molecule has 20 heavy (non-hydrogen) atoms. The highest BCUT2D eigenvalue weighted by Crippen LogP contribution is 2.15. The molecule has 0 aliphatic heterocycles. The summed E-state index contributed by atoms with van der Waals surface area (Å²) in [7, 11) is 0. The number of aliphatic carboxylic acids is 2. The number of carboxylic acid groups (broad SMARTS) is 2. The number of hydrogen-bond donors (Lipinski definition) is 2. The van der Waals surface area contributed by atoms with Crippen molar-refractivity contribution in [3.8, 4) is 0 Å². The highest BCUT2D eigenvalue weighted by Gasteiger charge is 2.28. The van der Waals surface area contributed by atoms with Gasteiger partial charge in [0.1, 0.15) is 0 Å². The van der Waals surface area contributed by atoms with Gasteiger partial charge >= 0.3 is 17.9 Å². The fourth-order valence-electron chi connectivity index (χ4n) is 1.63. The summed E-state index contributed by atoms with van der Waals surface area (Å²) in [6.07, 6.45) is 4.50. The van der Waals surface area contributed by atoms with Crippen LogP contribution in [0.3, 0.4) is 0 Å². The topological polar surface area (TPSA) is 101 Å². The quantitative estimate of drug-likeness (QED) is 0.343. The van der Waals surface area contributed by atoms with E-state index in [9.17, 15) is 14.4 Å². The van der Waals surface area contributed by atoms with E-state index in [1.54, 1.807) is 0 Å². The first-order chi connectivity index (χ1) is 9.40. The van der Waals surface area contributed by atoms with E-state index in [2.05, 4.69) is 13.5 Å². The predicted octanol–water partition coefficient (Wildman–Crippen LogP) is 2.23. The lowest BCUT2D eigenvalue weighted by molar-refractivity contribution is -0.151. The monoisotopic (exact) mass is 286 g/mol. The second-order valence-corrected chi connectivity index (χ2v) is 4.56. The van der Waals surface area contributed by atoms with E-state index < -0.39 is 35.8 Å². The van der Waals surface area contributed by atoms with E-state index in [1.807, 2.05) is 0 Å². The van der Waals surface area contributed by atoms with Gasteiger partial charge in [-0.3, -0.25) is 9.59 Å². The van der Waals surface area contributed by atoms with Gasteiger partial charge in [0.2, 0.25) is 0 Å². The maximum absolute atomic E-state index is 11.5. The number of carboxylic acids is 2. The molecule has 114 valence electrons. The third kappa shape index (κ3) is 7.56. The van der Waals surface area contributed by atoms with Crippen LogP contribution < -0.4 is 0 Å². The summed E-state index contributed by atoms with van der Waals surface area (Å²) in [4.78, 5) is 33.0. The number of rotatable bonds is 11. The van der Waals surface area contributed by atoms with E-state index in [0.717, 1.165) is 32.1 Å². The molecule has 1 atom stereocenters. The van der Waals surface area contributed by atoms with Gasteiger partial charge in [-0.2, -0.15) is 0 Å². The number of ether oxygens (including phenoxy) is 1. The highest BCUT2D eigenvalue weighted by atomic mass is 16.5. The average Bonchev–Trinajstić information content (AvgIpc) is 2.38. The fraction of sp³-hybridized carbons (Fsp3) is 0.643. The van der Waals surface area contributed by atoms with Crippen LogP contribution in [0.5, 0.6) is 0 Å². The number of unbranched alkanes of at least 4 members (excludes halogenated alkanes) is 4. The van der Waals surface area contributed by atoms with Crippen molar-refractivity contribution in [2.24, 2.45) is 5.92 Å². The Morgan fingerprint density at radius 1 is 1.10 bits per heavy atom. The minimum atomic E-state index is -1.44. The maximum Gasteiger partial charge on any atom is 0.331 e. The molecule has 0 bridgehead atoms. The molecule has 2 N–H and O–H groups in total. The summed E-state index contributed by atoms with van der Waals surface area (Å²) in [5.41, 5.74) is -0.516. The molecule has 0 spiro atoms. The van der Waals surface area contributed by atoms with Crippen molar-refractivity contribution >= 4 is 17.9 Å².